The Morgan fingerprint density at radius 1 is 1.12 bits per heavy atom. The Labute approximate surface area is 148 Å². The Bertz CT molecular complexity index is 942. The zero-order valence-electron chi connectivity index (χ0n) is 15.1. The molecule has 1 heterocycles. The minimum absolute atomic E-state index is 0.304. The second-order valence-corrected chi connectivity index (χ2v) is 6.77. The first-order valence-corrected chi connectivity index (χ1v) is 8.66. The van der Waals surface area contributed by atoms with Crippen LogP contribution in [0.1, 0.15) is 53.2 Å². The third-order valence-corrected chi connectivity index (χ3v) is 4.87. The molecule has 0 aliphatic rings. The maximum Gasteiger partial charge on any atom is 0.336 e. The molecule has 2 aromatic carbocycles. The van der Waals surface area contributed by atoms with Gasteiger partial charge in [0, 0.05) is 10.9 Å². The second-order valence-electron chi connectivity index (χ2n) is 6.77. The molecule has 0 aliphatic heterocycles. The van der Waals surface area contributed by atoms with Gasteiger partial charge >= 0.3 is 5.97 Å². The lowest BCUT2D eigenvalue weighted by Crippen LogP contribution is -2.02. The number of aryl methyl sites for hydroxylation is 2. The highest BCUT2D eigenvalue weighted by molar-refractivity contribution is 6.04. The van der Waals surface area contributed by atoms with E-state index in [-0.39, 0.29) is 0 Å². The number of carboxylic acids is 1. The van der Waals surface area contributed by atoms with Crippen molar-refractivity contribution in [2.24, 2.45) is 0 Å². The van der Waals surface area contributed by atoms with E-state index in [0.717, 1.165) is 28.6 Å². The van der Waals surface area contributed by atoms with Crippen LogP contribution in [0.2, 0.25) is 0 Å². The van der Waals surface area contributed by atoms with Crippen LogP contribution in [0, 0.1) is 13.8 Å². The lowest BCUT2D eigenvalue weighted by molar-refractivity contribution is 0.0699. The number of rotatable bonds is 4. The van der Waals surface area contributed by atoms with Crippen LogP contribution >= 0.6 is 0 Å². The Kier molecular flexibility index (Phi) is 4.58. The molecule has 25 heavy (non-hydrogen) atoms. The molecule has 3 heteroatoms. The van der Waals surface area contributed by atoms with Crippen LogP contribution in [0.15, 0.2) is 42.5 Å². The molecule has 3 nitrogen and oxygen atoms in total. The predicted molar refractivity (Wildman–Crippen MR) is 102 cm³/mol. The maximum absolute atomic E-state index is 11.8. The first-order chi connectivity index (χ1) is 11.9. The molecule has 0 amide bonds. The number of nitrogens with zero attached hydrogens (tertiary/aromatic N) is 1. The normalized spacial score (nSPS) is 12.3. The number of aromatic carboxylic acids is 1. The van der Waals surface area contributed by atoms with Crippen LogP contribution in [-0.4, -0.2) is 16.1 Å². The van der Waals surface area contributed by atoms with E-state index in [1.54, 1.807) is 6.07 Å². The van der Waals surface area contributed by atoms with Crippen molar-refractivity contribution in [3.05, 3.63) is 64.7 Å². The minimum atomic E-state index is -0.921. The van der Waals surface area contributed by atoms with Crippen molar-refractivity contribution in [2.75, 3.05) is 0 Å². The van der Waals surface area contributed by atoms with Crippen molar-refractivity contribution in [1.29, 1.82) is 0 Å². The molecular weight excluding hydrogens is 310 g/mol. The number of pyridine rings is 1. The highest BCUT2D eigenvalue weighted by Crippen LogP contribution is 2.29. The van der Waals surface area contributed by atoms with Gasteiger partial charge in [-0.25, -0.2) is 9.78 Å². The Morgan fingerprint density at radius 3 is 2.40 bits per heavy atom. The molecule has 1 atom stereocenters. The Balaban J connectivity index is 2.18. The van der Waals surface area contributed by atoms with Crippen molar-refractivity contribution >= 4 is 16.9 Å². The summed E-state index contributed by atoms with van der Waals surface area (Å²) in [6.07, 6.45) is 1.09. The summed E-state index contributed by atoms with van der Waals surface area (Å²) in [4.78, 5) is 16.5. The highest BCUT2D eigenvalue weighted by atomic mass is 16.4. The van der Waals surface area contributed by atoms with Gasteiger partial charge in [-0.15, -0.1) is 0 Å². The number of fused-ring (bicyclic) bond motifs is 1. The summed E-state index contributed by atoms with van der Waals surface area (Å²) in [5.41, 5.74) is 6.03. The number of carbonyl (C=O) groups is 1. The fourth-order valence-electron chi connectivity index (χ4n) is 3.22. The van der Waals surface area contributed by atoms with Gasteiger partial charge in [0.1, 0.15) is 0 Å². The Morgan fingerprint density at radius 2 is 1.80 bits per heavy atom. The predicted octanol–water partition coefficient (Wildman–Crippen LogP) is 5.73. The van der Waals surface area contributed by atoms with Crippen LogP contribution in [0.25, 0.3) is 22.2 Å². The van der Waals surface area contributed by atoms with Crippen LogP contribution in [0.4, 0.5) is 0 Å². The molecular formula is C22H23NO2. The van der Waals surface area contributed by atoms with Crippen molar-refractivity contribution < 1.29 is 9.90 Å². The zero-order valence-corrected chi connectivity index (χ0v) is 15.1. The van der Waals surface area contributed by atoms with Gasteiger partial charge in [0.25, 0.3) is 0 Å². The molecule has 1 aromatic heterocycles. The van der Waals surface area contributed by atoms with E-state index in [2.05, 4.69) is 26.0 Å². The molecule has 128 valence electrons. The summed E-state index contributed by atoms with van der Waals surface area (Å²) in [5.74, 6) is -0.409. The van der Waals surface area contributed by atoms with Gasteiger partial charge in [0.15, 0.2) is 0 Å². The third kappa shape index (κ3) is 3.27. The van der Waals surface area contributed by atoms with E-state index in [9.17, 15) is 9.90 Å². The summed E-state index contributed by atoms with van der Waals surface area (Å²) in [5, 5.41) is 10.4. The molecule has 3 aromatic rings. The molecule has 0 spiro atoms. The van der Waals surface area contributed by atoms with Crippen LogP contribution in [0.5, 0.6) is 0 Å². The van der Waals surface area contributed by atoms with E-state index in [1.165, 1.54) is 5.56 Å². The Hall–Kier alpha value is -2.68. The summed E-state index contributed by atoms with van der Waals surface area (Å²) >= 11 is 0. The maximum atomic E-state index is 11.8. The summed E-state index contributed by atoms with van der Waals surface area (Å²) in [7, 11) is 0. The summed E-state index contributed by atoms with van der Waals surface area (Å²) in [6, 6.07) is 13.9. The lowest BCUT2D eigenvalue weighted by atomic mass is 9.96. The summed E-state index contributed by atoms with van der Waals surface area (Å²) in [6.45, 7) is 8.33. The number of benzene rings is 2. The van der Waals surface area contributed by atoms with Crippen LogP contribution in [-0.2, 0) is 0 Å². The average molecular weight is 333 g/mol. The lowest BCUT2D eigenvalue weighted by Gasteiger charge is -2.12. The van der Waals surface area contributed by atoms with Crippen molar-refractivity contribution in [3.8, 4) is 11.3 Å². The van der Waals surface area contributed by atoms with Gasteiger partial charge in [0.05, 0.1) is 16.8 Å². The fourth-order valence-corrected chi connectivity index (χ4v) is 3.22. The molecule has 0 saturated carbocycles. The topological polar surface area (TPSA) is 50.2 Å². The number of aromatic nitrogens is 1. The monoisotopic (exact) mass is 333 g/mol. The van der Waals surface area contributed by atoms with E-state index < -0.39 is 5.97 Å². The number of hydrogen-bond donors (Lipinski definition) is 1. The average Bonchev–Trinajstić information content (AvgIpc) is 2.60. The van der Waals surface area contributed by atoms with E-state index in [1.807, 2.05) is 38.1 Å². The van der Waals surface area contributed by atoms with Crippen molar-refractivity contribution in [2.45, 2.75) is 40.0 Å². The minimum Gasteiger partial charge on any atom is -0.478 e. The molecule has 0 radical (unpaired) electrons. The van der Waals surface area contributed by atoms with E-state index in [4.69, 9.17) is 4.98 Å². The zero-order chi connectivity index (χ0) is 18.1. The van der Waals surface area contributed by atoms with E-state index >= 15 is 0 Å². The molecule has 0 aliphatic carbocycles. The molecule has 3 rings (SSSR count). The fraction of sp³-hybridized carbons (Fsp3) is 0.273. The van der Waals surface area contributed by atoms with Crippen LogP contribution in [0.3, 0.4) is 0 Å². The van der Waals surface area contributed by atoms with Gasteiger partial charge in [0.2, 0.25) is 0 Å². The first-order valence-electron chi connectivity index (χ1n) is 8.66. The quantitative estimate of drug-likeness (QED) is 0.663. The van der Waals surface area contributed by atoms with Gasteiger partial charge in [-0.1, -0.05) is 49.7 Å². The van der Waals surface area contributed by atoms with Gasteiger partial charge in [-0.05, 0) is 49.4 Å². The molecule has 0 fully saturated rings. The van der Waals surface area contributed by atoms with Gasteiger partial charge in [-0.3, -0.25) is 0 Å². The van der Waals surface area contributed by atoms with Crippen molar-refractivity contribution in [3.63, 3.8) is 0 Å². The highest BCUT2D eigenvalue weighted by Gasteiger charge is 2.15. The second kappa shape index (κ2) is 6.67. The molecule has 0 saturated heterocycles. The first kappa shape index (κ1) is 17.2. The standard InChI is InChI=1S/C22H23NO2/c1-5-14(3)16-6-8-17(9-7-16)20-12-19(22(24)25)18-11-13(2)10-15(4)21(18)23-20/h6-12,14H,5H2,1-4H3,(H,24,25). The molecule has 0 bridgehead atoms. The third-order valence-electron chi connectivity index (χ3n) is 4.87. The van der Waals surface area contributed by atoms with Gasteiger partial charge < -0.3 is 5.11 Å². The molecule has 1 unspecified atom stereocenters. The summed E-state index contributed by atoms with van der Waals surface area (Å²) < 4.78 is 0. The van der Waals surface area contributed by atoms with E-state index in [0.29, 0.717) is 22.6 Å². The number of hydrogen-bond acceptors (Lipinski definition) is 2. The number of carboxylic acid groups (broad SMARTS) is 1. The largest absolute Gasteiger partial charge is 0.478 e. The SMILES string of the molecule is CCC(C)c1ccc(-c2cc(C(=O)O)c3cc(C)cc(C)c3n2)cc1. The van der Waals surface area contributed by atoms with Gasteiger partial charge in [-0.2, -0.15) is 0 Å². The van der Waals surface area contributed by atoms with Crippen molar-refractivity contribution in [1.82, 2.24) is 4.98 Å². The smallest absolute Gasteiger partial charge is 0.336 e. The molecule has 1 N–H and O–H groups in total. The van der Waals surface area contributed by atoms with Crippen LogP contribution < -0.4 is 0 Å².